The van der Waals surface area contributed by atoms with E-state index in [-0.39, 0.29) is 23.9 Å². The van der Waals surface area contributed by atoms with Crippen molar-refractivity contribution in [2.75, 3.05) is 13.1 Å². The van der Waals surface area contributed by atoms with Crippen molar-refractivity contribution in [1.29, 1.82) is 0 Å². The molecule has 2 aliphatic carbocycles. The first-order valence-corrected chi connectivity index (χ1v) is 11.7. The number of amides is 1. The normalized spacial score (nSPS) is 33.6. The van der Waals surface area contributed by atoms with Crippen LogP contribution in [0.1, 0.15) is 75.6 Å². The molecule has 3 fully saturated rings. The van der Waals surface area contributed by atoms with Gasteiger partial charge < -0.3 is 10.4 Å². The molecule has 3 unspecified atom stereocenters. The molecular weight excluding hydrogens is 356 g/mol. The first-order chi connectivity index (χ1) is 13.0. The zero-order valence-corrected chi connectivity index (χ0v) is 17.3. The van der Waals surface area contributed by atoms with Crippen LogP contribution in [0.25, 0.3) is 0 Å². The van der Waals surface area contributed by atoms with Gasteiger partial charge in [-0.3, -0.25) is 9.69 Å². The molecular formula is C22H34N2O2S. The number of thiophene rings is 1. The summed E-state index contributed by atoms with van der Waals surface area (Å²) in [6.07, 6.45) is 10.4. The Bertz CT molecular complexity index is 618. The molecule has 0 radical (unpaired) electrons. The van der Waals surface area contributed by atoms with Crippen molar-refractivity contribution in [2.45, 2.75) is 82.4 Å². The van der Waals surface area contributed by atoms with Crippen LogP contribution in [-0.4, -0.2) is 40.6 Å². The lowest BCUT2D eigenvalue weighted by atomic mass is 9.81. The van der Waals surface area contributed by atoms with Crippen LogP contribution < -0.4 is 5.32 Å². The second kappa shape index (κ2) is 8.22. The lowest BCUT2D eigenvalue weighted by molar-refractivity contribution is -0.132. The third-order valence-electron chi connectivity index (χ3n) is 7.11. The number of carbonyl (C=O) groups is 1. The number of aliphatic hydroxyl groups is 1. The summed E-state index contributed by atoms with van der Waals surface area (Å²) < 4.78 is 0. The van der Waals surface area contributed by atoms with Crippen molar-refractivity contribution < 1.29 is 9.90 Å². The van der Waals surface area contributed by atoms with Gasteiger partial charge in [-0.15, -0.1) is 11.3 Å². The van der Waals surface area contributed by atoms with E-state index < -0.39 is 5.60 Å². The van der Waals surface area contributed by atoms with Crippen LogP contribution in [0.15, 0.2) is 17.5 Å². The third kappa shape index (κ3) is 4.25. The largest absolute Gasteiger partial charge is 0.388 e. The van der Waals surface area contributed by atoms with E-state index in [1.807, 2.05) is 6.92 Å². The maximum atomic E-state index is 12.9. The van der Waals surface area contributed by atoms with Crippen LogP contribution in [0.4, 0.5) is 0 Å². The Kier molecular flexibility index (Phi) is 5.91. The lowest BCUT2D eigenvalue weighted by Gasteiger charge is -2.49. The van der Waals surface area contributed by atoms with Gasteiger partial charge in [-0.05, 0) is 56.4 Å². The van der Waals surface area contributed by atoms with E-state index in [0.717, 1.165) is 51.1 Å². The van der Waals surface area contributed by atoms with Crippen molar-refractivity contribution in [2.24, 2.45) is 11.8 Å². The van der Waals surface area contributed by atoms with Gasteiger partial charge in [0.15, 0.2) is 0 Å². The average Bonchev–Trinajstić information content (AvgIpc) is 3.41. The standard InChI is InChI=1S/C22H34N2O2S/c1-22(26)12-13-24(15-16-7-2-3-8-16)19(18-11-6-14-27-18)20(22)23-21(25)17-9-4-5-10-17/h6,11,14,16-17,19-20,26H,2-5,7-10,12-13,15H2,1H3,(H,23,25). The minimum absolute atomic E-state index is 0.0831. The Morgan fingerprint density at radius 1 is 1.26 bits per heavy atom. The van der Waals surface area contributed by atoms with E-state index in [2.05, 4.69) is 27.7 Å². The first-order valence-electron chi connectivity index (χ1n) is 10.8. The molecule has 4 nitrogen and oxygen atoms in total. The Labute approximate surface area is 167 Å². The zero-order valence-electron chi connectivity index (χ0n) is 16.5. The van der Waals surface area contributed by atoms with Crippen molar-refractivity contribution in [1.82, 2.24) is 10.2 Å². The van der Waals surface area contributed by atoms with E-state index in [1.165, 1.54) is 30.6 Å². The third-order valence-corrected chi connectivity index (χ3v) is 8.05. The fraction of sp³-hybridized carbons (Fsp3) is 0.773. The van der Waals surface area contributed by atoms with Gasteiger partial charge in [-0.1, -0.05) is 31.7 Å². The van der Waals surface area contributed by atoms with Crippen LogP contribution in [0.3, 0.4) is 0 Å². The van der Waals surface area contributed by atoms with Gasteiger partial charge in [0.1, 0.15) is 0 Å². The quantitative estimate of drug-likeness (QED) is 0.795. The topological polar surface area (TPSA) is 52.6 Å². The Morgan fingerprint density at radius 3 is 2.63 bits per heavy atom. The lowest BCUT2D eigenvalue weighted by Crippen LogP contribution is -2.63. The predicted octanol–water partition coefficient (Wildman–Crippen LogP) is 4.11. The van der Waals surface area contributed by atoms with Crippen molar-refractivity contribution in [3.63, 3.8) is 0 Å². The molecule has 3 aliphatic rings. The van der Waals surface area contributed by atoms with Crippen LogP contribution in [0.2, 0.25) is 0 Å². The van der Waals surface area contributed by atoms with Crippen molar-refractivity contribution in [3.8, 4) is 0 Å². The van der Waals surface area contributed by atoms with Crippen LogP contribution in [0, 0.1) is 11.8 Å². The molecule has 1 aromatic rings. The zero-order chi connectivity index (χ0) is 18.9. The fourth-order valence-electron chi connectivity index (χ4n) is 5.44. The summed E-state index contributed by atoms with van der Waals surface area (Å²) >= 11 is 1.75. The highest BCUT2D eigenvalue weighted by atomic mass is 32.1. The molecule has 0 bridgehead atoms. The molecule has 1 amide bonds. The van der Waals surface area contributed by atoms with Gasteiger partial charge in [0.25, 0.3) is 0 Å². The van der Waals surface area contributed by atoms with E-state index in [9.17, 15) is 9.90 Å². The maximum absolute atomic E-state index is 12.9. The molecule has 150 valence electrons. The van der Waals surface area contributed by atoms with Gasteiger partial charge in [0, 0.05) is 23.9 Å². The summed E-state index contributed by atoms with van der Waals surface area (Å²) in [4.78, 5) is 16.8. The molecule has 2 N–H and O–H groups in total. The molecule has 1 aromatic heterocycles. The maximum Gasteiger partial charge on any atom is 0.223 e. The van der Waals surface area contributed by atoms with Gasteiger partial charge in [0.2, 0.25) is 5.91 Å². The van der Waals surface area contributed by atoms with Gasteiger partial charge >= 0.3 is 0 Å². The van der Waals surface area contributed by atoms with E-state index in [1.54, 1.807) is 11.3 Å². The Hall–Kier alpha value is -0.910. The SMILES string of the molecule is CC1(O)CCN(CC2CCCC2)C(c2cccs2)C1NC(=O)C1CCCC1. The number of nitrogens with zero attached hydrogens (tertiary/aromatic N) is 1. The summed E-state index contributed by atoms with van der Waals surface area (Å²) in [6.45, 7) is 3.91. The predicted molar refractivity (Wildman–Crippen MR) is 110 cm³/mol. The van der Waals surface area contributed by atoms with E-state index >= 15 is 0 Å². The van der Waals surface area contributed by atoms with Gasteiger partial charge in [0.05, 0.1) is 17.7 Å². The van der Waals surface area contributed by atoms with Gasteiger partial charge in [-0.25, -0.2) is 0 Å². The number of hydrogen-bond donors (Lipinski definition) is 2. The molecule has 2 saturated carbocycles. The average molecular weight is 391 g/mol. The number of hydrogen-bond acceptors (Lipinski definition) is 4. The van der Waals surface area contributed by atoms with E-state index in [4.69, 9.17) is 0 Å². The number of rotatable bonds is 5. The number of piperidine rings is 1. The molecule has 2 heterocycles. The molecule has 1 aliphatic heterocycles. The number of carbonyl (C=O) groups excluding carboxylic acids is 1. The minimum atomic E-state index is -0.866. The monoisotopic (exact) mass is 390 g/mol. The Morgan fingerprint density at radius 2 is 1.96 bits per heavy atom. The molecule has 3 atom stereocenters. The summed E-state index contributed by atoms with van der Waals surface area (Å²) in [7, 11) is 0. The minimum Gasteiger partial charge on any atom is -0.388 e. The van der Waals surface area contributed by atoms with Crippen LogP contribution in [-0.2, 0) is 4.79 Å². The van der Waals surface area contributed by atoms with E-state index in [0.29, 0.717) is 0 Å². The number of likely N-dealkylation sites (tertiary alicyclic amines) is 1. The highest BCUT2D eigenvalue weighted by Crippen LogP contribution is 2.41. The summed E-state index contributed by atoms with van der Waals surface area (Å²) in [6, 6.07) is 4.11. The van der Waals surface area contributed by atoms with Crippen LogP contribution in [0.5, 0.6) is 0 Å². The highest BCUT2D eigenvalue weighted by Gasteiger charge is 2.47. The van der Waals surface area contributed by atoms with Crippen LogP contribution >= 0.6 is 11.3 Å². The molecule has 0 aromatic carbocycles. The second-order valence-electron chi connectivity index (χ2n) is 9.18. The summed E-state index contributed by atoms with van der Waals surface area (Å²) in [5.74, 6) is 1.05. The molecule has 0 spiro atoms. The molecule has 27 heavy (non-hydrogen) atoms. The smallest absolute Gasteiger partial charge is 0.223 e. The van der Waals surface area contributed by atoms with Gasteiger partial charge in [-0.2, -0.15) is 0 Å². The molecule has 4 rings (SSSR count). The second-order valence-corrected chi connectivity index (χ2v) is 10.2. The summed E-state index contributed by atoms with van der Waals surface area (Å²) in [5, 5.41) is 16.7. The first kappa shape index (κ1) is 19.4. The highest BCUT2D eigenvalue weighted by molar-refractivity contribution is 7.10. The van der Waals surface area contributed by atoms with Crippen molar-refractivity contribution in [3.05, 3.63) is 22.4 Å². The number of nitrogens with one attached hydrogen (secondary N) is 1. The molecule has 1 saturated heterocycles. The fourth-order valence-corrected chi connectivity index (χ4v) is 6.34. The Balaban J connectivity index is 1.57. The molecule has 5 heteroatoms. The summed E-state index contributed by atoms with van der Waals surface area (Å²) in [5.41, 5.74) is -0.866. The van der Waals surface area contributed by atoms with Crippen molar-refractivity contribution >= 4 is 17.2 Å².